The Labute approximate surface area is 203 Å². The van der Waals surface area contributed by atoms with Crippen LogP contribution in [0.3, 0.4) is 0 Å². The third-order valence-corrected chi connectivity index (χ3v) is 5.72. The topological polar surface area (TPSA) is 83.5 Å². The standard InChI is InChI=1S/C27H27NO7/c1-31-23-13-18(14-24(32-2)27(23)33-3)15-26(30)35-17-25(29)28-20-11-7-8-12-22(20)34-16-21(28)19-9-5-4-6-10-19/h4-14,21H,15-17H2,1-3H3/t21-/m0/s1. The van der Waals surface area contributed by atoms with Crippen LogP contribution in [0.4, 0.5) is 5.69 Å². The molecule has 1 heterocycles. The monoisotopic (exact) mass is 477 g/mol. The summed E-state index contributed by atoms with van der Waals surface area (Å²) in [4.78, 5) is 27.6. The second-order valence-corrected chi connectivity index (χ2v) is 7.84. The molecule has 0 aromatic heterocycles. The lowest BCUT2D eigenvalue weighted by atomic mass is 10.0. The summed E-state index contributed by atoms with van der Waals surface area (Å²) in [5.41, 5.74) is 2.17. The van der Waals surface area contributed by atoms with Crippen molar-refractivity contribution in [1.29, 1.82) is 0 Å². The molecule has 35 heavy (non-hydrogen) atoms. The minimum atomic E-state index is -0.551. The molecule has 3 aromatic carbocycles. The van der Waals surface area contributed by atoms with Gasteiger partial charge in [0.1, 0.15) is 12.4 Å². The van der Waals surface area contributed by atoms with Gasteiger partial charge in [-0.1, -0.05) is 42.5 Å². The molecule has 8 nitrogen and oxygen atoms in total. The molecule has 0 fully saturated rings. The molecule has 0 saturated carbocycles. The van der Waals surface area contributed by atoms with Crippen LogP contribution in [0.5, 0.6) is 23.0 Å². The van der Waals surface area contributed by atoms with E-state index in [1.807, 2.05) is 54.6 Å². The highest BCUT2D eigenvalue weighted by Gasteiger charge is 2.33. The lowest BCUT2D eigenvalue weighted by molar-refractivity contribution is -0.147. The summed E-state index contributed by atoms with van der Waals surface area (Å²) in [6.45, 7) is -0.104. The number of esters is 1. The second kappa shape index (κ2) is 10.8. The molecular weight excluding hydrogens is 450 g/mol. The molecule has 0 bridgehead atoms. The van der Waals surface area contributed by atoms with Crippen molar-refractivity contribution in [3.63, 3.8) is 0 Å². The Morgan fingerprint density at radius 3 is 2.23 bits per heavy atom. The number of rotatable bonds is 8. The maximum absolute atomic E-state index is 13.3. The summed E-state index contributed by atoms with van der Waals surface area (Å²) in [5, 5.41) is 0. The van der Waals surface area contributed by atoms with Crippen LogP contribution in [-0.2, 0) is 20.7 Å². The Kier molecular flexibility index (Phi) is 7.40. The van der Waals surface area contributed by atoms with Crippen LogP contribution < -0.4 is 23.8 Å². The molecule has 8 heteroatoms. The van der Waals surface area contributed by atoms with E-state index in [4.69, 9.17) is 23.7 Å². The second-order valence-electron chi connectivity index (χ2n) is 7.84. The van der Waals surface area contributed by atoms with Gasteiger partial charge >= 0.3 is 5.97 Å². The van der Waals surface area contributed by atoms with Crippen molar-refractivity contribution in [3.8, 4) is 23.0 Å². The minimum absolute atomic E-state index is 0.0637. The Balaban J connectivity index is 1.49. The summed E-state index contributed by atoms with van der Waals surface area (Å²) < 4.78 is 27.3. The number of nitrogens with zero attached hydrogens (tertiary/aromatic N) is 1. The summed E-state index contributed by atoms with van der Waals surface area (Å²) in [6.07, 6.45) is -0.0637. The number of ether oxygens (including phenoxy) is 5. The predicted octanol–water partition coefficient (Wildman–Crippen LogP) is 3.97. The van der Waals surface area contributed by atoms with Crippen molar-refractivity contribution in [2.75, 3.05) is 39.4 Å². The molecule has 0 radical (unpaired) electrons. The molecule has 3 aromatic rings. The van der Waals surface area contributed by atoms with Crippen molar-refractivity contribution in [2.45, 2.75) is 12.5 Å². The predicted molar refractivity (Wildman–Crippen MR) is 129 cm³/mol. The molecular formula is C27H27NO7. The first-order valence-corrected chi connectivity index (χ1v) is 11.1. The average Bonchev–Trinajstić information content (AvgIpc) is 2.90. The zero-order valence-corrected chi connectivity index (χ0v) is 19.9. The molecule has 182 valence electrons. The first-order valence-electron chi connectivity index (χ1n) is 11.1. The van der Waals surface area contributed by atoms with Crippen molar-refractivity contribution < 1.29 is 33.3 Å². The molecule has 1 atom stereocenters. The van der Waals surface area contributed by atoms with E-state index in [2.05, 4.69) is 0 Å². The number of benzene rings is 3. The van der Waals surface area contributed by atoms with Crippen molar-refractivity contribution in [1.82, 2.24) is 0 Å². The first kappa shape index (κ1) is 23.9. The molecule has 0 aliphatic carbocycles. The lowest BCUT2D eigenvalue weighted by Gasteiger charge is -2.37. The van der Waals surface area contributed by atoms with Gasteiger partial charge in [-0.15, -0.1) is 0 Å². The number of hydrogen-bond donors (Lipinski definition) is 0. The molecule has 0 N–H and O–H groups in total. The molecule has 4 rings (SSSR count). The Hall–Kier alpha value is -4.20. The van der Waals surface area contributed by atoms with E-state index < -0.39 is 12.6 Å². The van der Waals surface area contributed by atoms with Gasteiger partial charge in [-0.2, -0.15) is 0 Å². The quantitative estimate of drug-likeness (QED) is 0.454. The lowest BCUT2D eigenvalue weighted by Crippen LogP contribution is -2.43. The fourth-order valence-electron chi connectivity index (χ4n) is 4.08. The van der Waals surface area contributed by atoms with E-state index in [-0.39, 0.29) is 18.4 Å². The molecule has 1 aliphatic rings. The van der Waals surface area contributed by atoms with E-state index >= 15 is 0 Å². The van der Waals surface area contributed by atoms with Crippen LogP contribution >= 0.6 is 0 Å². The van der Waals surface area contributed by atoms with Crippen LogP contribution in [0.2, 0.25) is 0 Å². The van der Waals surface area contributed by atoms with Crippen LogP contribution in [0.1, 0.15) is 17.2 Å². The van der Waals surface area contributed by atoms with Crippen LogP contribution in [0, 0.1) is 0 Å². The van der Waals surface area contributed by atoms with Gasteiger partial charge in [0.25, 0.3) is 5.91 Å². The molecule has 0 saturated heterocycles. The van der Waals surface area contributed by atoms with E-state index in [0.717, 1.165) is 5.56 Å². The van der Waals surface area contributed by atoms with Gasteiger partial charge < -0.3 is 23.7 Å². The number of methoxy groups -OCH3 is 3. The highest BCUT2D eigenvalue weighted by Crippen LogP contribution is 2.40. The van der Waals surface area contributed by atoms with Gasteiger partial charge in [0, 0.05) is 0 Å². The smallest absolute Gasteiger partial charge is 0.310 e. The number of carbonyl (C=O) groups excluding carboxylic acids is 2. The molecule has 1 aliphatic heterocycles. The fourth-order valence-corrected chi connectivity index (χ4v) is 4.08. The zero-order valence-electron chi connectivity index (χ0n) is 19.9. The van der Waals surface area contributed by atoms with E-state index in [0.29, 0.717) is 40.9 Å². The number of hydrogen-bond acceptors (Lipinski definition) is 7. The van der Waals surface area contributed by atoms with E-state index in [1.54, 1.807) is 17.0 Å². The number of para-hydroxylation sites is 2. The van der Waals surface area contributed by atoms with Crippen molar-refractivity contribution in [3.05, 3.63) is 77.9 Å². The number of carbonyl (C=O) groups is 2. The van der Waals surface area contributed by atoms with Gasteiger partial charge in [-0.3, -0.25) is 14.5 Å². The first-order chi connectivity index (χ1) is 17.0. The zero-order chi connectivity index (χ0) is 24.8. The third kappa shape index (κ3) is 5.16. The molecule has 1 amide bonds. The SMILES string of the molecule is COc1cc(CC(=O)OCC(=O)N2c3ccccc3OC[C@H]2c2ccccc2)cc(OC)c1OC. The molecule has 0 unspecified atom stereocenters. The average molecular weight is 478 g/mol. The maximum Gasteiger partial charge on any atom is 0.310 e. The summed E-state index contributed by atoms with van der Waals surface area (Å²) in [7, 11) is 4.51. The number of amides is 1. The summed E-state index contributed by atoms with van der Waals surface area (Å²) in [6, 6.07) is 20.0. The van der Waals surface area contributed by atoms with E-state index in [9.17, 15) is 9.59 Å². The van der Waals surface area contributed by atoms with Crippen LogP contribution in [0.25, 0.3) is 0 Å². The van der Waals surface area contributed by atoms with Crippen molar-refractivity contribution in [2.24, 2.45) is 0 Å². The minimum Gasteiger partial charge on any atom is -0.493 e. The van der Waals surface area contributed by atoms with Crippen molar-refractivity contribution >= 4 is 17.6 Å². The number of anilines is 1. The Bertz CT molecular complexity index is 1170. The van der Waals surface area contributed by atoms with Gasteiger partial charge in [0.05, 0.1) is 39.5 Å². The van der Waals surface area contributed by atoms with Crippen LogP contribution in [0.15, 0.2) is 66.7 Å². The molecule has 0 spiro atoms. The van der Waals surface area contributed by atoms with Gasteiger partial charge in [-0.25, -0.2) is 0 Å². The van der Waals surface area contributed by atoms with Crippen LogP contribution in [-0.4, -0.2) is 46.4 Å². The van der Waals surface area contributed by atoms with Gasteiger partial charge in [0.2, 0.25) is 5.75 Å². The summed E-state index contributed by atoms with van der Waals surface area (Å²) >= 11 is 0. The number of fused-ring (bicyclic) bond motifs is 1. The maximum atomic E-state index is 13.3. The van der Waals surface area contributed by atoms with Gasteiger partial charge in [0.15, 0.2) is 18.1 Å². The summed E-state index contributed by atoms with van der Waals surface area (Å²) in [5.74, 6) is 1.01. The normalized spacial score (nSPS) is 14.4. The highest BCUT2D eigenvalue weighted by molar-refractivity contribution is 5.97. The van der Waals surface area contributed by atoms with Gasteiger partial charge in [-0.05, 0) is 35.4 Å². The Morgan fingerprint density at radius 2 is 1.57 bits per heavy atom. The van der Waals surface area contributed by atoms with E-state index in [1.165, 1.54) is 21.3 Å². The largest absolute Gasteiger partial charge is 0.493 e. The highest BCUT2D eigenvalue weighted by atomic mass is 16.5. The third-order valence-electron chi connectivity index (χ3n) is 5.72. The fraction of sp³-hybridized carbons (Fsp3) is 0.259. The Morgan fingerprint density at radius 1 is 0.914 bits per heavy atom.